The molecule has 0 saturated heterocycles. The fraction of sp³-hybridized carbons (Fsp3) is 0.333. The van der Waals surface area contributed by atoms with Gasteiger partial charge in [0.25, 0.3) is 5.95 Å². The number of aliphatic carboxylic acids is 1. The summed E-state index contributed by atoms with van der Waals surface area (Å²) in [4.78, 5) is 19.3. The number of nitrogens with zero attached hydrogens (tertiary/aromatic N) is 4. The van der Waals surface area contributed by atoms with Gasteiger partial charge in [-0.05, 0) is 26.8 Å². The van der Waals surface area contributed by atoms with Gasteiger partial charge < -0.3 is 5.11 Å². The average Bonchev–Trinajstić information content (AvgIpc) is 2.65. The third-order valence-corrected chi connectivity index (χ3v) is 2.89. The van der Waals surface area contributed by atoms with E-state index in [4.69, 9.17) is 5.11 Å². The molecule has 0 bridgehead atoms. The van der Waals surface area contributed by atoms with Gasteiger partial charge in [0.1, 0.15) is 0 Å². The molecule has 0 aromatic carbocycles. The number of rotatable bonds is 3. The first-order valence-corrected chi connectivity index (χ1v) is 5.58. The second kappa shape index (κ2) is 4.56. The van der Waals surface area contributed by atoms with E-state index in [0.717, 1.165) is 11.3 Å². The number of aryl methyl sites for hydroxylation is 1. The Labute approximate surface area is 104 Å². The van der Waals surface area contributed by atoms with Crippen LogP contribution in [0.25, 0.3) is 5.95 Å². The van der Waals surface area contributed by atoms with Gasteiger partial charge in [0.15, 0.2) is 0 Å². The summed E-state index contributed by atoms with van der Waals surface area (Å²) in [5.74, 6) is -1.01. The van der Waals surface area contributed by atoms with Crippen molar-refractivity contribution < 1.29 is 9.90 Å². The molecule has 2 heterocycles. The zero-order valence-corrected chi connectivity index (χ0v) is 10.5. The van der Waals surface area contributed by atoms with Gasteiger partial charge in [-0.1, -0.05) is 0 Å². The van der Waals surface area contributed by atoms with Gasteiger partial charge >= 0.3 is 5.97 Å². The molecule has 1 N–H and O–H groups in total. The lowest BCUT2D eigenvalue weighted by Gasteiger charge is -2.07. The summed E-state index contributed by atoms with van der Waals surface area (Å²) >= 11 is 0. The van der Waals surface area contributed by atoms with E-state index >= 15 is 0 Å². The minimum atomic E-state index is -0.866. The molecule has 2 aromatic heterocycles. The normalized spacial score (nSPS) is 12.4. The van der Waals surface area contributed by atoms with Crippen LogP contribution in [-0.2, 0) is 4.79 Å². The summed E-state index contributed by atoms with van der Waals surface area (Å²) in [6.07, 6.45) is 3.25. The molecule has 0 aliphatic carbocycles. The number of hydrogen-bond donors (Lipinski definition) is 1. The molecule has 94 valence electrons. The van der Waals surface area contributed by atoms with Gasteiger partial charge in [0.2, 0.25) is 0 Å². The van der Waals surface area contributed by atoms with Crippen LogP contribution in [0.5, 0.6) is 0 Å². The molecular formula is C12H14N4O2. The van der Waals surface area contributed by atoms with E-state index in [1.165, 1.54) is 0 Å². The largest absolute Gasteiger partial charge is 0.481 e. The van der Waals surface area contributed by atoms with E-state index in [9.17, 15) is 4.79 Å². The van der Waals surface area contributed by atoms with Gasteiger partial charge in [-0.15, -0.1) is 0 Å². The average molecular weight is 246 g/mol. The molecule has 0 amide bonds. The van der Waals surface area contributed by atoms with Crippen molar-refractivity contribution >= 4 is 5.97 Å². The molecule has 0 spiro atoms. The third-order valence-electron chi connectivity index (χ3n) is 2.89. The van der Waals surface area contributed by atoms with Crippen molar-refractivity contribution in [3.63, 3.8) is 0 Å². The molecule has 0 saturated carbocycles. The Balaban J connectivity index is 2.54. The van der Waals surface area contributed by atoms with Crippen molar-refractivity contribution in [1.82, 2.24) is 19.7 Å². The Bertz CT molecular complexity index is 577. The van der Waals surface area contributed by atoms with E-state index < -0.39 is 11.9 Å². The second-order valence-corrected chi connectivity index (χ2v) is 4.11. The maximum atomic E-state index is 11.1. The molecule has 0 aliphatic heterocycles. The Hall–Kier alpha value is -2.24. The van der Waals surface area contributed by atoms with Crippen LogP contribution in [0, 0.1) is 13.8 Å². The first-order valence-electron chi connectivity index (χ1n) is 5.58. The van der Waals surface area contributed by atoms with Gasteiger partial charge in [-0.25, -0.2) is 14.6 Å². The number of hydrogen-bond acceptors (Lipinski definition) is 4. The summed E-state index contributed by atoms with van der Waals surface area (Å²) < 4.78 is 1.57. The number of carbonyl (C=O) groups is 1. The molecule has 0 fully saturated rings. The lowest BCUT2D eigenvalue weighted by molar-refractivity contribution is -0.138. The summed E-state index contributed by atoms with van der Waals surface area (Å²) in [6, 6.07) is 1.72. The first-order chi connectivity index (χ1) is 8.52. The molecule has 1 unspecified atom stereocenters. The summed E-state index contributed by atoms with van der Waals surface area (Å²) in [5.41, 5.74) is 2.17. The van der Waals surface area contributed by atoms with E-state index in [1.54, 1.807) is 37.0 Å². The van der Waals surface area contributed by atoms with Crippen molar-refractivity contribution in [3.8, 4) is 5.95 Å². The molecule has 18 heavy (non-hydrogen) atoms. The zero-order chi connectivity index (χ0) is 13.3. The van der Waals surface area contributed by atoms with Gasteiger partial charge in [-0.2, -0.15) is 5.10 Å². The van der Waals surface area contributed by atoms with Crippen LogP contribution in [0.3, 0.4) is 0 Å². The van der Waals surface area contributed by atoms with E-state index in [1.807, 2.05) is 6.92 Å². The maximum Gasteiger partial charge on any atom is 0.310 e. The number of carboxylic acid groups (broad SMARTS) is 1. The Kier molecular flexibility index (Phi) is 3.10. The van der Waals surface area contributed by atoms with Crippen molar-refractivity contribution in [2.75, 3.05) is 0 Å². The van der Waals surface area contributed by atoms with E-state index in [-0.39, 0.29) is 0 Å². The van der Waals surface area contributed by atoms with Crippen LogP contribution in [-0.4, -0.2) is 30.8 Å². The second-order valence-electron chi connectivity index (χ2n) is 4.11. The monoisotopic (exact) mass is 246 g/mol. The summed E-state index contributed by atoms with van der Waals surface area (Å²) in [5, 5.41) is 13.4. The highest BCUT2D eigenvalue weighted by molar-refractivity contribution is 5.76. The van der Waals surface area contributed by atoms with Crippen LogP contribution in [0.15, 0.2) is 18.5 Å². The van der Waals surface area contributed by atoms with Crippen LogP contribution in [0.2, 0.25) is 0 Å². The minimum Gasteiger partial charge on any atom is -0.481 e. The van der Waals surface area contributed by atoms with Gasteiger partial charge in [-0.3, -0.25) is 4.79 Å². The van der Waals surface area contributed by atoms with Crippen molar-refractivity contribution in [3.05, 3.63) is 35.4 Å². The predicted octanol–water partition coefficient (Wildman–Crippen LogP) is 1.47. The number of carboxylic acids is 1. The van der Waals surface area contributed by atoms with Crippen molar-refractivity contribution in [2.24, 2.45) is 0 Å². The fourth-order valence-electron chi connectivity index (χ4n) is 2.00. The Morgan fingerprint density at radius 3 is 2.50 bits per heavy atom. The van der Waals surface area contributed by atoms with Crippen molar-refractivity contribution in [2.45, 2.75) is 26.7 Å². The third kappa shape index (κ3) is 1.97. The number of aromatic nitrogens is 4. The standard InChI is InChI=1S/C12H14N4O2/c1-7(11(17)18)10-8(2)15-16(9(10)3)12-13-5-4-6-14-12/h4-7H,1-3H3,(H,17,18). The van der Waals surface area contributed by atoms with Crippen LogP contribution in [0.4, 0.5) is 0 Å². The zero-order valence-electron chi connectivity index (χ0n) is 10.5. The molecule has 6 heteroatoms. The van der Waals surface area contributed by atoms with E-state index in [0.29, 0.717) is 11.6 Å². The predicted molar refractivity (Wildman–Crippen MR) is 64.7 cm³/mol. The van der Waals surface area contributed by atoms with Crippen LogP contribution < -0.4 is 0 Å². The quantitative estimate of drug-likeness (QED) is 0.886. The summed E-state index contributed by atoms with van der Waals surface area (Å²) in [6.45, 7) is 5.27. The molecule has 2 aromatic rings. The first kappa shape index (κ1) is 12.2. The lowest BCUT2D eigenvalue weighted by Crippen LogP contribution is -2.10. The maximum absolute atomic E-state index is 11.1. The molecule has 0 radical (unpaired) electrons. The minimum absolute atomic E-state index is 0.446. The smallest absolute Gasteiger partial charge is 0.310 e. The highest BCUT2D eigenvalue weighted by atomic mass is 16.4. The highest BCUT2D eigenvalue weighted by Crippen LogP contribution is 2.24. The van der Waals surface area contributed by atoms with Crippen LogP contribution >= 0.6 is 0 Å². The molecule has 0 aliphatic rings. The molecule has 6 nitrogen and oxygen atoms in total. The van der Waals surface area contributed by atoms with Gasteiger partial charge in [0.05, 0.1) is 11.6 Å². The SMILES string of the molecule is Cc1nn(-c2ncccn2)c(C)c1C(C)C(=O)O. The van der Waals surface area contributed by atoms with Gasteiger partial charge in [0, 0.05) is 23.7 Å². The Morgan fingerprint density at radius 1 is 1.33 bits per heavy atom. The van der Waals surface area contributed by atoms with Crippen LogP contribution in [0.1, 0.15) is 29.8 Å². The molecular weight excluding hydrogens is 232 g/mol. The topological polar surface area (TPSA) is 80.9 Å². The lowest BCUT2D eigenvalue weighted by atomic mass is 9.99. The fourth-order valence-corrected chi connectivity index (χ4v) is 2.00. The summed E-state index contributed by atoms with van der Waals surface area (Å²) in [7, 11) is 0. The molecule has 1 atom stereocenters. The van der Waals surface area contributed by atoms with E-state index in [2.05, 4.69) is 15.1 Å². The van der Waals surface area contributed by atoms with Crippen molar-refractivity contribution in [1.29, 1.82) is 0 Å². The highest BCUT2D eigenvalue weighted by Gasteiger charge is 2.23. The Morgan fingerprint density at radius 2 is 1.94 bits per heavy atom. The molecule has 2 rings (SSSR count).